The van der Waals surface area contributed by atoms with Gasteiger partial charge in [-0.15, -0.1) is 0 Å². The Morgan fingerprint density at radius 3 is 2.66 bits per heavy atom. The van der Waals surface area contributed by atoms with E-state index in [9.17, 15) is 9.90 Å². The molecule has 1 aliphatic rings. The van der Waals surface area contributed by atoms with Crippen molar-refractivity contribution in [3.63, 3.8) is 0 Å². The normalized spacial score (nSPS) is 19.0. The molecule has 38 heavy (non-hydrogen) atoms. The molecule has 3 atom stereocenters. The molecule has 3 heterocycles. The van der Waals surface area contributed by atoms with Gasteiger partial charge in [-0.3, -0.25) is 9.36 Å². The van der Waals surface area contributed by atoms with E-state index in [0.717, 1.165) is 11.1 Å². The summed E-state index contributed by atoms with van der Waals surface area (Å²) in [6.07, 6.45) is -0.695. The van der Waals surface area contributed by atoms with Gasteiger partial charge in [0.2, 0.25) is 0 Å². The minimum absolute atomic E-state index is 0.225. The van der Waals surface area contributed by atoms with Crippen molar-refractivity contribution < 1.29 is 24.1 Å². The van der Waals surface area contributed by atoms with Crippen molar-refractivity contribution in [1.82, 2.24) is 24.8 Å². The largest absolute Gasteiger partial charge is 0.491 e. The highest BCUT2D eigenvalue weighted by Gasteiger charge is 2.40. The van der Waals surface area contributed by atoms with Crippen LogP contribution in [0.4, 0.5) is 5.82 Å². The topological polar surface area (TPSA) is 133 Å². The summed E-state index contributed by atoms with van der Waals surface area (Å²) in [7, 11) is 3.14. The number of methoxy groups -OCH3 is 1. The van der Waals surface area contributed by atoms with Crippen LogP contribution in [-0.4, -0.2) is 70.1 Å². The first-order chi connectivity index (χ1) is 18.6. The summed E-state index contributed by atoms with van der Waals surface area (Å²) in [6, 6.07) is 17.5. The highest BCUT2D eigenvalue weighted by molar-refractivity contribution is 5.85. The summed E-state index contributed by atoms with van der Waals surface area (Å²) in [6.45, 7) is 1.50. The fourth-order valence-electron chi connectivity index (χ4n) is 4.31. The first-order valence-electron chi connectivity index (χ1n) is 12.4. The predicted molar refractivity (Wildman–Crippen MR) is 140 cm³/mol. The molecule has 5 rings (SSSR count). The zero-order valence-electron chi connectivity index (χ0n) is 21.2. The van der Waals surface area contributed by atoms with Crippen molar-refractivity contribution in [2.75, 3.05) is 32.7 Å². The molecule has 0 unspecified atom stereocenters. The maximum Gasteiger partial charge on any atom is 0.251 e. The van der Waals surface area contributed by atoms with Gasteiger partial charge in [0.05, 0.1) is 19.0 Å². The van der Waals surface area contributed by atoms with E-state index < -0.39 is 18.4 Å². The highest BCUT2D eigenvalue weighted by atomic mass is 16.5. The number of fused-ring (bicyclic) bond motifs is 1. The number of amides is 1. The van der Waals surface area contributed by atoms with Crippen LogP contribution < -0.4 is 15.4 Å². The second-order valence-corrected chi connectivity index (χ2v) is 8.85. The Labute approximate surface area is 219 Å². The third-order valence-electron chi connectivity index (χ3n) is 6.30. The molecule has 1 amide bonds. The third kappa shape index (κ3) is 5.44. The van der Waals surface area contributed by atoms with Crippen LogP contribution in [0, 0.1) is 0 Å². The van der Waals surface area contributed by atoms with E-state index in [0.29, 0.717) is 48.3 Å². The third-order valence-corrected chi connectivity index (χ3v) is 6.30. The molecule has 3 N–H and O–H groups in total. The molecule has 11 heteroatoms. The zero-order chi connectivity index (χ0) is 26.5. The number of carbonyl (C=O) groups is 1. The smallest absolute Gasteiger partial charge is 0.251 e. The minimum atomic E-state index is -0.968. The molecule has 2 aromatic carbocycles. The quantitative estimate of drug-likeness (QED) is 0.271. The van der Waals surface area contributed by atoms with E-state index in [4.69, 9.17) is 24.2 Å². The van der Waals surface area contributed by atoms with E-state index in [1.165, 1.54) is 7.05 Å². The lowest BCUT2D eigenvalue weighted by Gasteiger charge is -2.15. The molecular formula is C27H30N6O5. The summed E-state index contributed by atoms with van der Waals surface area (Å²) in [5, 5.41) is 16.4. The number of aromatic nitrogens is 4. The van der Waals surface area contributed by atoms with Crippen molar-refractivity contribution in [1.29, 1.82) is 0 Å². The summed E-state index contributed by atoms with van der Waals surface area (Å²) >= 11 is 0. The molecule has 1 fully saturated rings. The number of rotatable bonds is 10. The molecule has 0 bridgehead atoms. The lowest BCUT2D eigenvalue weighted by atomic mass is 10.1. The molecule has 2 aromatic heterocycles. The first-order valence-corrected chi connectivity index (χ1v) is 12.4. The molecule has 0 aliphatic carbocycles. The fourth-order valence-corrected chi connectivity index (χ4v) is 4.31. The Morgan fingerprint density at radius 2 is 1.92 bits per heavy atom. The van der Waals surface area contributed by atoms with Gasteiger partial charge in [0.1, 0.15) is 18.6 Å². The van der Waals surface area contributed by atoms with E-state index in [2.05, 4.69) is 15.6 Å². The summed E-state index contributed by atoms with van der Waals surface area (Å²) in [4.78, 5) is 26.3. The second-order valence-electron chi connectivity index (χ2n) is 8.85. The monoisotopic (exact) mass is 518 g/mol. The van der Waals surface area contributed by atoms with Gasteiger partial charge in [-0.25, -0.2) is 15.0 Å². The summed E-state index contributed by atoms with van der Waals surface area (Å²) < 4.78 is 18.4. The maximum atomic E-state index is 12.2. The predicted octanol–water partition coefficient (Wildman–Crippen LogP) is 2.52. The van der Waals surface area contributed by atoms with Crippen LogP contribution in [0.1, 0.15) is 18.2 Å². The first kappa shape index (κ1) is 25.6. The number of imidazole rings is 1. The molecule has 0 radical (unpaired) electrons. The van der Waals surface area contributed by atoms with Crippen LogP contribution in [0.3, 0.4) is 0 Å². The van der Waals surface area contributed by atoms with Crippen LogP contribution in [-0.2, 0) is 20.8 Å². The molecular weight excluding hydrogens is 488 g/mol. The molecule has 198 valence electrons. The average molecular weight is 519 g/mol. The number of hydrogen-bond acceptors (Lipinski definition) is 9. The summed E-state index contributed by atoms with van der Waals surface area (Å²) in [5.41, 5.74) is 2.97. The Balaban J connectivity index is 1.49. The number of aliphatic hydroxyl groups excluding tert-OH is 1. The van der Waals surface area contributed by atoms with E-state index in [-0.39, 0.29) is 12.3 Å². The number of nitrogens with one attached hydrogen (secondary N) is 2. The van der Waals surface area contributed by atoms with Crippen molar-refractivity contribution in [3.05, 3.63) is 66.5 Å². The highest BCUT2D eigenvalue weighted by Crippen LogP contribution is 2.33. The average Bonchev–Trinajstić information content (AvgIpc) is 3.55. The van der Waals surface area contributed by atoms with Crippen LogP contribution in [0.25, 0.3) is 22.6 Å². The molecule has 1 aliphatic heterocycles. The van der Waals surface area contributed by atoms with Crippen molar-refractivity contribution >= 4 is 22.9 Å². The molecule has 4 aromatic rings. The standard InChI is InChI=1S/C27H30N6O5/c1-28-27(35)23-20(34)14-21(38-23)33-16-30-22-25(29-15-17-6-4-3-5-7-17)31-24(32-26(22)33)18-8-10-19(11-9-18)37-13-12-36-2/h3-11,16,20-21,23,34H,12-15H2,1-2H3,(H,28,35)(H,29,31,32)/t20-,21+,23-/m0/s1. The van der Waals surface area contributed by atoms with Gasteiger partial charge in [0, 0.05) is 32.7 Å². The number of hydrogen-bond donors (Lipinski definition) is 3. The van der Waals surface area contributed by atoms with Gasteiger partial charge < -0.3 is 30.0 Å². The van der Waals surface area contributed by atoms with Crippen LogP contribution >= 0.6 is 0 Å². The van der Waals surface area contributed by atoms with Gasteiger partial charge in [0.15, 0.2) is 28.9 Å². The van der Waals surface area contributed by atoms with Crippen LogP contribution in [0.15, 0.2) is 60.9 Å². The maximum absolute atomic E-state index is 12.2. The Bertz CT molecular complexity index is 1380. The lowest BCUT2D eigenvalue weighted by molar-refractivity contribution is -0.137. The molecule has 1 saturated heterocycles. The van der Waals surface area contributed by atoms with E-state index >= 15 is 0 Å². The Morgan fingerprint density at radius 1 is 1.13 bits per heavy atom. The van der Waals surface area contributed by atoms with Gasteiger partial charge in [-0.2, -0.15) is 0 Å². The zero-order valence-corrected chi connectivity index (χ0v) is 21.2. The van der Waals surface area contributed by atoms with Gasteiger partial charge >= 0.3 is 0 Å². The van der Waals surface area contributed by atoms with Crippen molar-refractivity contribution in [3.8, 4) is 17.1 Å². The number of benzene rings is 2. The van der Waals surface area contributed by atoms with Crippen molar-refractivity contribution in [2.24, 2.45) is 0 Å². The van der Waals surface area contributed by atoms with Crippen molar-refractivity contribution in [2.45, 2.75) is 31.4 Å². The SMILES string of the molecule is CNC(=O)[C@H]1O[C@@H](n2cnc3c(NCc4ccccc4)nc(-c4ccc(OCCOC)cc4)nc32)C[C@@H]1O. The van der Waals surface area contributed by atoms with Crippen LogP contribution in [0.2, 0.25) is 0 Å². The molecule has 11 nitrogen and oxygen atoms in total. The fraction of sp³-hybridized carbons (Fsp3) is 0.333. The van der Waals surface area contributed by atoms with Gasteiger partial charge in [-0.1, -0.05) is 30.3 Å². The lowest BCUT2D eigenvalue weighted by Crippen LogP contribution is -2.38. The van der Waals surface area contributed by atoms with Gasteiger partial charge in [0.25, 0.3) is 5.91 Å². The molecule has 0 saturated carbocycles. The van der Waals surface area contributed by atoms with Crippen LogP contribution in [0.5, 0.6) is 5.75 Å². The Kier molecular flexibility index (Phi) is 7.78. The number of nitrogens with zero attached hydrogens (tertiary/aromatic N) is 4. The Hall–Kier alpha value is -4.06. The minimum Gasteiger partial charge on any atom is -0.491 e. The van der Waals surface area contributed by atoms with E-state index in [1.54, 1.807) is 18.0 Å². The second kappa shape index (κ2) is 11.5. The number of anilines is 1. The number of ether oxygens (including phenoxy) is 3. The van der Waals surface area contributed by atoms with Gasteiger partial charge in [-0.05, 0) is 29.8 Å². The molecule has 0 spiro atoms. The number of carbonyl (C=O) groups excluding carboxylic acids is 1. The van der Waals surface area contributed by atoms with E-state index in [1.807, 2.05) is 54.6 Å². The summed E-state index contributed by atoms with van der Waals surface area (Å²) in [5.74, 6) is 1.39. The number of likely N-dealkylation sites (N-methyl/N-ethyl adjacent to an activating group) is 1. The number of aliphatic hydroxyl groups is 1.